The van der Waals surface area contributed by atoms with Crippen molar-refractivity contribution in [2.24, 2.45) is 0 Å². The molecule has 0 bridgehead atoms. The third kappa shape index (κ3) is 2.57. The third-order valence-electron chi connectivity index (χ3n) is 2.33. The lowest BCUT2D eigenvalue weighted by Crippen LogP contribution is -2.37. The van der Waals surface area contributed by atoms with Gasteiger partial charge in [0.25, 0.3) is 0 Å². The normalized spacial score (nSPS) is 10.2. The Morgan fingerprint density at radius 1 is 0.688 bits per heavy atom. The van der Waals surface area contributed by atoms with Crippen molar-refractivity contribution in [2.45, 2.75) is 0 Å². The summed E-state index contributed by atoms with van der Waals surface area (Å²) in [4.78, 5) is 0. The minimum absolute atomic E-state index is 0.590. The van der Waals surface area contributed by atoms with Crippen LogP contribution in [0.4, 0.5) is 4.32 Å². The van der Waals surface area contributed by atoms with E-state index in [1.807, 2.05) is 0 Å². The largest absolute Gasteiger partial charge is 0.413 e. The average Bonchev–Trinajstić information content (AvgIpc) is 2.30. The Kier molecular flexibility index (Phi) is 3.52. The summed E-state index contributed by atoms with van der Waals surface area (Å²) in [6.45, 7) is -1.14. The molecule has 0 atom stereocenters. The van der Waals surface area contributed by atoms with Crippen molar-refractivity contribution in [1.82, 2.24) is 0 Å². The molecule has 80 valence electrons. The third-order valence-corrected chi connectivity index (χ3v) is 2.83. The van der Waals surface area contributed by atoms with E-state index in [2.05, 4.69) is 0 Å². The lowest BCUT2D eigenvalue weighted by Gasteiger charge is -2.05. The number of halogens is 3. The van der Waals surface area contributed by atoms with Gasteiger partial charge in [0.05, 0.1) is 0 Å². The van der Waals surface area contributed by atoms with Gasteiger partial charge in [-0.3, -0.25) is 0 Å². The fourth-order valence-electron chi connectivity index (χ4n) is 1.46. The average molecular weight is 253 g/mol. The standard InChI is InChI=1S/C12H8BCl2F/c14-11-5-1-9(2-6-11)13(16)10-3-7-12(15)8-4-10/h1-8H. The predicted molar refractivity (Wildman–Crippen MR) is 69.0 cm³/mol. The predicted octanol–water partition coefficient (Wildman–Crippen LogP) is 3.07. The molecule has 0 unspecified atom stereocenters. The summed E-state index contributed by atoms with van der Waals surface area (Å²) in [7, 11) is 0. The van der Waals surface area contributed by atoms with E-state index >= 15 is 0 Å². The second-order valence-electron chi connectivity index (χ2n) is 3.47. The van der Waals surface area contributed by atoms with Gasteiger partial charge in [-0.15, -0.1) is 0 Å². The van der Waals surface area contributed by atoms with Gasteiger partial charge >= 0.3 is 6.99 Å². The van der Waals surface area contributed by atoms with Crippen LogP contribution in [0.2, 0.25) is 10.0 Å². The maximum atomic E-state index is 14.0. The van der Waals surface area contributed by atoms with Crippen LogP contribution in [0.15, 0.2) is 48.5 Å². The lowest BCUT2D eigenvalue weighted by molar-refractivity contribution is 0.865. The molecule has 0 heterocycles. The molecule has 0 aliphatic heterocycles. The van der Waals surface area contributed by atoms with Crippen molar-refractivity contribution in [1.29, 1.82) is 0 Å². The molecule has 0 spiro atoms. The Hall–Kier alpha value is -0.985. The summed E-state index contributed by atoms with van der Waals surface area (Å²) < 4.78 is 14.0. The van der Waals surface area contributed by atoms with Crippen molar-refractivity contribution in [2.75, 3.05) is 0 Å². The quantitative estimate of drug-likeness (QED) is 0.721. The van der Waals surface area contributed by atoms with Gasteiger partial charge in [0.2, 0.25) is 0 Å². The molecule has 2 rings (SSSR count). The first kappa shape index (κ1) is 11.5. The number of benzene rings is 2. The molecule has 2 aromatic rings. The van der Waals surface area contributed by atoms with Crippen LogP contribution < -0.4 is 10.9 Å². The van der Waals surface area contributed by atoms with Gasteiger partial charge in [0.15, 0.2) is 0 Å². The van der Waals surface area contributed by atoms with Gasteiger partial charge in [-0.25, -0.2) is 0 Å². The van der Waals surface area contributed by atoms with Crippen LogP contribution in [0.5, 0.6) is 0 Å². The van der Waals surface area contributed by atoms with Gasteiger partial charge in [-0.05, 0) is 35.2 Å². The van der Waals surface area contributed by atoms with E-state index in [1.54, 1.807) is 48.5 Å². The van der Waals surface area contributed by atoms with Crippen LogP contribution in [-0.2, 0) is 0 Å². The minimum atomic E-state index is -1.14. The van der Waals surface area contributed by atoms with Gasteiger partial charge in [-0.1, -0.05) is 47.5 Å². The highest BCUT2D eigenvalue weighted by atomic mass is 35.5. The summed E-state index contributed by atoms with van der Waals surface area (Å²) in [6, 6.07) is 13.4. The van der Waals surface area contributed by atoms with E-state index in [9.17, 15) is 4.32 Å². The number of hydrogen-bond acceptors (Lipinski definition) is 0. The first-order chi connectivity index (χ1) is 7.66. The van der Waals surface area contributed by atoms with Crippen LogP contribution in [0.1, 0.15) is 0 Å². The van der Waals surface area contributed by atoms with Crippen LogP contribution in [0, 0.1) is 0 Å². The van der Waals surface area contributed by atoms with Crippen molar-refractivity contribution in [3.05, 3.63) is 58.6 Å². The summed E-state index contributed by atoms with van der Waals surface area (Å²) in [5.74, 6) is 0. The highest BCUT2D eigenvalue weighted by Crippen LogP contribution is 2.07. The zero-order chi connectivity index (χ0) is 11.5. The maximum absolute atomic E-state index is 14.0. The maximum Gasteiger partial charge on any atom is 0.413 e. The monoisotopic (exact) mass is 252 g/mol. The van der Waals surface area contributed by atoms with Gasteiger partial charge < -0.3 is 4.32 Å². The molecule has 0 N–H and O–H groups in total. The van der Waals surface area contributed by atoms with Crippen LogP contribution in [0.25, 0.3) is 0 Å². The highest BCUT2D eigenvalue weighted by Gasteiger charge is 2.18. The van der Waals surface area contributed by atoms with Crippen LogP contribution in [0.3, 0.4) is 0 Å². The molecule has 0 nitrogen and oxygen atoms in total. The molecule has 0 aliphatic carbocycles. The molecular weight excluding hydrogens is 245 g/mol. The topological polar surface area (TPSA) is 0 Å². The number of rotatable bonds is 2. The fourth-order valence-corrected chi connectivity index (χ4v) is 1.71. The Morgan fingerprint density at radius 3 is 1.31 bits per heavy atom. The van der Waals surface area contributed by atoms with E-state index in [-0.39, 0.29) is 0 Å². The van der Waals surface area contributed by atoms with Gasteiger partial charge in [0.1, 0.15) is 0 Å². The van der Waals surface area contributed by atoms with E-state index in [4.69, 9.17) is 23.2 Å². The molecule has 0 saturated carbocycles. The Bertz CT molecular complexity index is 422. The van der Waals surface area contributed by atoms with Crippen LogP contribution >= 0.6 is 23.2 Å². The molecule has 0 fully saturated rings. The van der Waals surface area contributed by atoms with E-state index in [0.717, 1.165) is 0 Å². The summed E-state index contributed by atoms with van der Waals surface area (Å²) in [5, 5.41) is 1.21. The van der Waals surface area contributed by atoms with E-state index < -0.39 is 6.99 Å². The van der Waals surface area contributed by atoms with Gasteiger partial charge in [-0.2, -0.15) is 0 Å². The Labute approximate surface area is 104 Å². The molecule has 0 amide bonds. The van der Waals surface area contributed by atoms with Crippen molar-refractivity contribution in [3.63, 3.8) is 0 Å². The SMILES string of the molecule is FB(c1ccc(Cl)cc1)c1ccc(Cl)cc1. The number of hydrogen-bond donors (Lipinski definition) is 0. The molecule has 0 aliphatic rings. The second kappa shape index (κ2) is 4.90. The molecule has 4 heteroatoms. The van der Waals surface area contributed by atoms with Crippen molar-refractivity contribution < 1.29 is 4.32 Å². The van der Waals surface area contributed by atoms with E-state index in [1.165, 1.54) is 0 Å². The first-order valence-corrected chi connectivity index (χ1v) is 5.57. The van der Waals surface area contributed by atoms with Crippen LogP contribution in [-0.4, -0.2) is 6.99 Å². The molecule has 0 radical (unpaired) electrons. The molecule has 0 aromatic heterocycles. The summed E-state index contributed by atoms with van der Waals surface area (Å²) in [5.41, 5.74) is 1.18. The molecular formula is C12H8BCl2F. The van der Waals surface area contributed by atoms with Crippen molar-refractivity contribution in [3.8, 4) is 0 Å². The highest BCUT2D eigenvalue weighted by molar-refractivity contribution is 6.79. The molecule has 16 heavy (non-hydrogen) atoms. The lowest BCUT2D eigenvalue weighted by atomic mass is 9.59. The fraction of sp³-hybridized carbons (Fsp3) is 0. The second-order valence-corrected chi connectivity index (χ2v) is 4.34. The summed E-state index contributed by atoms with van der Waals surface area (Å²) in [6.07, 6.45) is 0. The summed E-state index contributed by atoms with van der Waals surface area (Å²) >= 11 is 11.5. The zero-order valence-corrected chi connectivity index (χ0v) is 9.84. The first-order valence-electron chi connectivity index (χ1n) is 4.82. The Balaban J connectivity index is 2.28. The van der Waals surface area contributed by atoms with Crippen molar-refractivity contribution >= 4 is 41.1 Å². The van der Waals surface area contributed by atoms with E-state index in [0.29, 0.717) is 21.0 Å². The van der Waals surface area contributed by atoms with Gasteiger partial charge in [0, 0.05) is 10.0 Å². The molecule has 2 aromatic carbocycles. The smallest absolute Gasteiger partial charge is 0.322 e. The zero-order valence-electron chi connectivity index (χ0n) is 8.33. The molecule has 0 saturated heterocycles. The Morgan fingerprint density at radius 2 is 1.00 bits per heavy atom. The minimum Gasteiger partial charge on any atom is -0.322 e.